The zero-order chi connectivity index (χ0) is 23.8. The minimum Gasteiger partial charge on any atom is -0.476 e. The molecule has 0 atom stereocenters. The van der Waals surface area contributed by atoms with Gasteiger partial charge >= 0.3 is 0 Å². The molecule has 13 heteroatoms. The first-order chi connectivity index (χ1) is 15.6. The third-order valence-corrected chi connectivity index (χ3v) is 6.95. The van der Waals surface area contributed by atoms with Crippen LogP contribution in [-0.4, -0.2) is 47.9 Å². The van der Waals surface area contributed by atoms with E-state index in [0.29, 0.717) is 26.9 Å². The van der Waals surface area contributed by atoms with Gasteiger partial charge in [0.2, 0.25) is 5.90 Å². The monoisotopic (exact) mass is 511 g/mol. The first kappa shape index (κ1) is 23.2. The number of thiazole rings is 1. The van der Waals surface area contributed by atoms with Crippen molar-refractivity contribution in [3.05, 3.63) is 52.3 Å². The molecule has 2 N–H and O–H groups in total. The first-order valence-electron chi connectivity index (χ1n) is 9.47. The summed E-state index contributed by atoms with van der Waals surface area (Å²) in [5, 5.41) is 11.9. The molecule has 0 unspecified atom stereocenters. The molecule has 2 heterocycles. The Balaban J connectivity index is 1.67. The third-order valence-electron chi connectivity index (χ3n) is 4.52. The van der Waals surface area contributed by atoms with Gasteiger partial charge in [-0.15, -0.1) is 11.3 Å². The number of ether oxygens (including phenoxy) is 1. The fraction of sp³-hybridized carbons (Fsp3) is 0.200. The van der Waals surface area contributed by atoms with Crippen molar-refractivity contribution in [2.75, 3.05) is 23.9 Å². The van der Waals surface area contributed by atoms with E-state index in [-0.39, 0.29) is 40.4 Å². The highest BCUT2D eigenvalue weighted by Gasteiger charge is 2.17. The van der Waals surface area contributed by atoms with Gasteiger partial charge in [0.25, 0.3) is 0 Å². The van der Waals surface area contributed by atoms with E-state index in [1.54, 1.807) is 12.1 Å². The number of sulfone groups is 1. The van der Waals surface area contributed by atoms with Crippen LogP contribution in [0, 0.1) is 17.0 Å². The maximum absolute atomic E-state index is 13.7. The van der Waals surface area contributed by atoms with E-state index in [4.69, 9.17) is 21.7 Å². The van der Waals surface area contributed by atoms with E-state index in [9.17, 15) is 17.2 Å². The highest BCUT2D eigenvalue weighted by Crippen LogP contribution is 2.36. The lowest BCUT2D eigenvalue weighted by Crippen LogP contribution is -2.10. The maximum atomic E-state index is 13.7. The van der Waals surface area contributed by atoms with E-state index in [2.05, 4.69) is 20.3 Å². The number of nitrogens with one attached hydrogen (secondary N) is 2. The normalized spacial score (nSPS) is 11.8. The van der Waals surface area contributed by atoms with E-state index < -0.39 is 21.5 Å². The number of halogens is 3. The molecule has 0 spiro atoms. The number of hydrogen-bond donors (Lipinski definition) is 2. The molecule has 2 aromatic carbocycles. The molecule has 8 nitrogen and oxygen atoms in total. The summed E-state index contributed by atoms with van der Waals surface area (Å²) in [4.78, 5) is 12.9. The van der Waals surface area contributed by atoms with Gasteiger partial charge in [0, 0.05) is 12.3 Å². The molecule has 0 amide bonds. The molecule has 0 saturated carbocycles. The van der Waals surface area contributed by atoms with Crippen LogP contribution in [0.1, 0.15) is 11.4 Å². The molecular weight excluding hydrogens is 496 g/mol. The van der Waals surface area contributed by atoms with Gasteiger partial charge in [-0.3, -0.25) is 5.41 Å². The number of hydrogen-bond acceptors (Lipinski definition) is 9. The largest absolute Gasteiger partial charge is 0.476 e. The summed E-state index contributed by atoms with van der Waals surface area (Å²) in [6.07, 6.45) is 2.71. The quantitative estimate of drug-likeness (QED) is 0.160. The zero-order valence-electron chi connectivity index (χ0n) is 17.0. The molecule has 0 aliphatic rings. The lowest BCUT2D eigenvalue weighted by Gasteiger charge is -2.10. The topological polar surface area (TPSA) is 118 Å². The van der Waals surface area contributed by atoms with Crippen molar-refractivity contribution in [1.82, 2.24) is 15.0 Å². The molecule has 0 saturated heterocycles. The second kappa shape index (κ2) is 9.12. The Kier molecular flexibility index (Phi) is 6.41. The van der Waals surface area contributed by atoms with E-state index >= 15 is 0 Å². The molecule has 0 fully saturated rings. The van der Waals surface area contributed by atoms with Crippen LogP contribution in [0.5, 0.6) is 0 Å². The van der Waals surface area contributed by atoms with Crippen LogP contribution in [0.3, 0.4) is 0 Å². The molecule has 0 bridgehead atoms. The highest BCUT2D eigenvalue weighted by molar-refractivity contribution is 7.90. The molecular formula is C20H16ClF2N5O3S2. The van der Waals surface area contributed by atoms with Crippen LogP contribution < -0.4 is 5.32 Å². The van der Waals surface area contributed by atoms with Gasteiger partial charge in [0.05, 0.1) is 44.2 Å². The SMILES string of the molecule is CS(=O)(=O)CCCOC(=N)c1nc2ccc3ncnc(Nc4cc(F)c(F)cc4Cl)c3c2s1. The summed E-state index contributed by atoms with van der Waals surface area (Å²) in [7, 11) is -3.11. The lowest BCUT2D eigenvalue weighted by molar-refractivity contribution is 0.303. The van der Waals surface area contributed by atoms with Gasteiger partial charge < -0.3 is 10.1 Å². The van der Waals surface area contributed by atoms with Gasteiger partial charge in [-0.2, -0.15) is 0 Å². The number of anilines is 2. The molecule has 4 rings (SSSR count). The summed E-state index contributed by atoms with van der Waals surface area (Å²) >= 11 is 7.22. The Morgan fingerprint density at radius 1 is 1.21 bits per heavy atom. The predicted molar refractivity (Wildman–Crippen MR) is 124 cm³/mol. The van der Waals surface area contributed by atoms with Crippen molar-refractivity contribution in [2.45, 2.75) is 6.42 Å². The minimum atomic E-state index is -3.11. The van der Waals surface area contributed by atoms with Crippen LogP contribution in [0.25, 0.3) is 21.1 Å². The fourth-order valence-corrected chi connectivity index (χ4v) is 4.88. The first-order valence-corrected chi connectivity index (χ1v) is 12.7. The smallest absolute Gasteiger partial charge is 0.243 e. The molecule has 0 aliphatic heterocycles. The number of benzene rings is 2. The predicted octanol–water partition coefficient (Wildman–Crippen LogP) is 4.69. The zero-order valence-corrected chi connectivity index (χ0v) is 19.4. The molecule has 0 radical (unpaired) electrons. The Labute approximate surface area is 196 Å². The van der Waals surface area contributed by atoms with Crippen molar-refractivity contribution in [3.63, 3.8) is 0 Å². The van der Waals surface area contributed by atoms with Gasteiger partial charge in [0.15, 0.2) is 16.6 Å². The minimum absolute atomic E-state index is 0.0258. The Hall–Kier alpha value is -2.96. The van der Waals surface area contributed by atoms with Crippen LogP contribution in [-0.2, 0) is 14.6 Å². The van der Waals surface area contributed by atoms with Gasteiger partial charge in [0.1, 0.15) is 22.0 Å². The summed E-state index contributed by atoms with van der Waals surface area (Å²) in [6, 6.07) is 5.25. The number of nitrogens with zero attached hydrogens (tertiary/aromatic N) is 3. The second-order valence-electron chi connectivity index (χ2n) is 7.08. The number of fused-ring (bicyclic) bond motifs is 3. The molecule has 33 heavy (non-hydrogen) atoms. The van der Waals surface area contributed by atoms with E-state index in [1.807, 2.05) is 0 Å². The summed E-state index contributed by atoms with van der Waals surface area (Å²) in [5.41, 5.74) is 1.25. The second-order valence-corrected chi connectivity index (χ2v) is 10.7. The van der Waals surface area contributed by atoms with E-state index in [1.165, 1.54) is 17.7 Å². The number of aromatic nitrogens is 3. The Morgan fingerprint density at radius 2 is 1.94 bits per heavy atom. The maximum Gasteiger partial charge on any atom is 0.243 e. The van der Waals surface area contributed by atoms with Gasteiger partial charge in [-0.05, 0) is 24.6 Å². The van der Waals surface area contributed by atoms with Crippen molar-refractivity contribution in [1.29, 1.82) is 5.41 Å². The molecule has 0 aliphatic carbocycles. The van der Waals surface area contributed by atoms with E-state index in [0.717, 1.165) is 18.4 Å². The van der Waals surface area contributed by atoms with Gasteiger partial charge in [-0.1, -0.05) is 11.6 Å². The van der Waals surface area contributed by atoms with Crippen LogP contribution in [0.4, 0.5) is 20.3 Å². The van der Waals surface area contributed by atoms with Crippen molar-refractivity contribution >= 4 is 71.3 Å². The van der Waals surface area contributed by atoms with Crippen LogP contribution in [0.2, 0.25) is 5.02 Å². The van der Waals surface area contributed by atoms with Crippen molar-refractivity contribution in [2.24, 2.45) is 0 Å². The third kappa shape index (κ3) is 5.18. The van der Waals surface area contributed by atoms with Crippen molar-refractivity contribution in [3.8, 4) is 0 Å². The van der Waals surface area contributed by atoms with Gasteiger partial charge in [-0.25, -0.2) is 32.2 Å². The Morgan fingerprint density at radius 3 is 2.70 bits per heavy atom. The average Bonchev–Trinajstić information content (AvgIpc) is 3.19. The van der Waals surface area contributed by atoms with Crippen LogP contribution in [0.15, 0.2) is 30.6 Å². The lowest BCUT2D eigenvalue weighted by atomic mass is 10.2. The number of rotatable bonds is 7. The molecule has 4 aromatic rings. The summed E-state index contributed by atoms with van der Waals surface area (Å²) < 4.78 is 55.6. The molecule has 172 valence electrons. The van der Waals surface area contributed by atoms with Crippen molar-refractivity contribution < 1.29 is 21.9 Å². The summed E-state index contributed by atoms with van der Waals surface area (Å²) in [5.74, 6) is -2.05. The standard InChI is InChI=1S/C20H16ClF2N5O3S2/c1-33(29,30)6-2-5-31-18(24)20-28-14-4-3-13-16(17(14)32-20)19(26-9-25-13)27-15-8-12(23)11(22)7-10(15)21/h3-4,7-9,24H,2,5-6H2,1H3,(H,25,26,27). The molecule has 2 aromatic heterocycles. The van der Waals surface area contributed by atoms with Crippen LogP contribution >= 0.6 is 22.9 Å². The summed E-state index contributed by atoms with van der Waals surface area (Å²) in [6.45, 7) is 0.0626. The fourth-order valence-electron chi connectivity index (χ4n) is 3.03. The highest BCUT2D eigenvalue weighted by atomic mass is 35.5. The Bertz CT molecular complexity index is 1490. The average molecular weight is 512 g/mol.